The van der Waals surface area contributed by atoms with Crippen LogP contribution in [0.25, 0.3) is 11.3 Å². The van der Waals surface area contributed by atoms with Crippen LogP contribution in [-0.4, -0.2) is 16.6 Å². The van der Waals surface area contributed by atoms with Crippen molar-refractivity contribution >= 4 is 23.4 Å². The van der Waals surface area contributed by atoms with E-state index in [2.05, 4.69) is 10.3 Å². The first-order valence-corrected chi connectivity index (χ1v) is 7.89. The van der Waals surface area contributed by atoms with E-state index in [1.807, 2.05) is 30.3 Å². The van der Waals surface area contributed by atoms with E-state index >= 15 is 0 Å². The lowest BCUT2D eigenvalue weighted by atomic mass is 10.2. The number of amides is 1. The van der Waals surface area contributed by atoms with Gasteiger partial charge in [0.15, 0.2) is 5.76 Å². The molecule has 4 nitrogen and oxygen atoms in total. The summed E-state index contributed by atoms with van der Waals surface area (Å²) in [6.07, 6.45) is 1.63. The second-order valence-corrected chi connectivity index (χ2v) is 5.63. The van der Waals surface area contributed by atoms with Gasteiger partial charge in [0.25, 0.3) is 5.22 Å². The molecular weight excluding hydrogens is 315 g/mol. The molecule has 3 rings (SSSR count). The maximum Gasteiger partial charge on any atom is 0.256 e. The highest BCUT2D eigenvalue weighted by molar-refractivity contribution is 7.99. The quantitative estimate of drug-likeness (QED) is 0.713. The number of nitrogens with zero attached hydrogens (tertiary/aromatic N) is 1. The minimum atomic E-state index is -0.393. The normalized spacial score (nSPS) is 10.5. The fourth-order valence-electron chi connectivity index (χ4n) is 1.95. The summed E-state index contributed by atoms with van der Waals surface area (Å²) in [4.78, 5) is 16.0. The zero-order chi connectivity index (χ0) is 16.1. The first kappa shape index (κ1) is 15.3. The molecule has 0 unspecified atom stereocenters. The van der Waals surface area contributed by atoms with Crippen molar-refractivity contribution in [2.24, 2.45) is 0 Å². The second kappa shape index (κ2) is 7.11. The average molecular weight is 328 g/mol. The van der Waals surface area contributed by atoms with Crippen molar-refractivity contribution in [3.63, 3.8) is 0 Å². The van der Waals surface area contributed by atoms with Crippen molar-refractivity contribution in [1.29, 1.82) is 0 Å². The molecule has 1 N–H and O–H groups in total. The van der Waals surface area contributed by atoms with E-state index in [1.54, 1.807) is 12.3 Å². The van der Waals surface area contributed by atoms with Gasteiger partial charge >= 0.3 is 0 Å². The Morgan fingerprint density at radius 3 is 2.78 bits per heavy atom. The number of anilines is 1. The van der Waals surface area contributed by atoms with Gasteiger partial charge in [-0.3, -0.25) is 4.79 Å². The number of carbonyl (C=O) groups excluding carboxylic acids is 1. The summed E-state index contributed by atoms with van der Waals surface area (Å²) in [5.74, 6) is 0.139. The molecule has 0 saturated heterocycles. The molecule has 116 valence electrons. The number of halogens is 1. The molecular formula is C17H13FN2O2S. The van der Waals surface area contributed by atoms with E-state index < -0.39 is 5.82 Å². The minimum Gasteiger partial charge on any atom is -0.431 e. The molecule has 0 atom stereocenters. The molecule has 0 aliphatic carbocycles. The topological polar surface area (TPSA) is 55.1 Å². The SMILES string of the molecule is O=C(CSc1ncc(-c2ccccc2)o1)Nc1cccc(F)c1. The third-order valence-corrected chi connectivity index (χ3v) is 3.82. The van der Waals surface area contributed by atoms with Gasteiger partial charge in [0.05, 0.1) is 11.9 Å². The van der Waals surface area contributed by atoms with Crippen molar-refractivity contribution in [2.75, 3.05) is 11.1 Å². The van der Waals surface area contributed by atoms with E-state index in [0.29, 0.717) is 16.7 Å². The number of oxazole rings is 1. The predicted molar refractivity (Wildman–Crippen MR) is 87.7 cm³/mol. The predicted octanol–water partition coefficient (Wildman–Crippen LogP) is 4.21. The first-order chi connectivity index (χ1) is 11.2. The number of carbonyl (C=O) groups is 1. The van der Waals surface area contributed by atoms with Gasteiger partial charge in [-0.25, -0.2) is 9.37 Å². The van der Waals surface area contributed by atoms with Gasteiger partial charge in [-0.2, -0.15) is 0 Å². The summed E-state index contributed by atoms with van der Waals surface area (Å²) in [5, 5.41) is 3.04. The number of benzene rings is 2. The molecule has 0 aliphatic heterocycles. The maximum atomic E-state index is 13.1. The molecule has 6 heteroatoms. The van der Waals surface area contributed by atoms with Gasteiger partial charge in [0.2, 0.25) is 5.91 Å². The Hall–Kier alpha value is -2.60. The summed E-state index contributed by atoms with van der Waals surface area (Å²) in [7, 11) is 0. The van der Waals surface area contributed by atoms with Crippen molar-refractivity contribution in [2.45, 2.75) is 5.22 Å². The number of hydrogen-bond acceptors (Lipinski definition) is 4. The third-order valence-electron chi connectivity index (χ3n) is 2.98. The van der Waals surface area contributed by atoms with Crippen LogP contribution in [0.15, 0.2) is 70.4 Å². The van der Waals surface area contributed by atoms with Crippen molar-refractivity contribution in [3.05, 3.63) is 66.6 Å². The Morgan fingerprint density at radius 2 is 2.00 bits per heavy atom. The standard InChI is InChI=1S/C17H13FN2O2S/c18-13-7-4-8-14(9-13)20-16(21)11-23-17-19-10-15(22-17)12-5-2-1-3-6-12/h1-10H,11H2,(H,20,21). The molecule has 1 aromatic heterocycles. The summed E-state index contributed by atoms with van der Waals surface area (Å²) < 4.78 is 18.7. The van der Waals surface area contributed by atoms with E-state index in [4.69, 9.17) is 4.42 Å². The molecule has 1 heterocycles. The van der Waals surface area contributed by atoms with Gasteiger partial charge < -0.3 is 9.73 Å². The lowest BCUT2D eigenvalue weighted by molar-refractivity contribution is -0.113. The second-order valence-electron chi connectivity index (χ2n) is 4.70. The highest BCUT2D eigenvalue weighted by atomic mass is 32.2. The molecule has 0 fully saturated rings. The number of aromatic nitrogens is 1. The number of nitrogens with one attached hydrogen (secondary N) is 1. The van der Waals surface area contributed by atoms with Gasteiger partial charge in [-0.1, -0.05) is 48.2 Å². The van der Waals surface area contributed by atoms with Crippen LogP contribution in [-0.2, 0) is 4.79 Å². The van der Waals surface area contributed by atoms with Crippen molar-refractivity contribution in [1.82, 2.24) is 4.98 Å². The Labute approximate surface area is 136 Å². The lowest BCUT2D eigenvalue weighted by Crippen LogP contribution is -2.14. The van der Waals surface area contributed by atoms with Crippen LogP contribution in [0.4, 0.5) is 10.1 Å². The Bertz CT molecular complexity index is 805. The van der Waals surface area contributed by atoms with E-state index in [0.717, 1.165) is 5.56 Å². The lowest BCUT2D eigenvalue weighted by Gasteiger charge is -2.03. The van der Waals surface area contributed by atoms with Crippen LogP contribution in [0, 0.1) is 5.82 Å². The smallest absolute Gasteiger partial charge is 0.256 e. The highest BCUT2D eigenvalue weighted by Gasteiger charge is 2.10. The molecule has 0 aliphatic rings. The Kier molecular flexibility index (Phi) is 4.73. The van der Waals surface area contributed by atoms with Crippen molar-refractivity contribution in [3.8, 4) is 11.3 Å². The van der Waals surface area contributed by atoms with E-state index in [1.165, 1.54) is 30.0 Å². The van der Waals surface area contributed by atoms with Crippen molar-refractivity contribution < 1.29 is 13.6 Å². The van der Waals surface area contributed by atoms with Crippen LogP contribution < -0.4 is 5.32 Å². The zero-order valence-corrected chi connectivity index (χ0v) is 12.8. The van der Waals surface area contributed by atoms with E-state index in [9.17, 15) is 9.18 Å². The average Bonchev–Trinajstić information content (AvgIpc) is 3.03. The van der Waals surface area contributed by atoms with Crippen LogP contribution in [0.5, 0.6) is 0 Å². The minimum absolute atomic E-state index is 0.130. The molecule has 0 radical (unpaired) electrons. The Morgan fingerprint density at radius 1 is 1.17 bits per heavy atom. The fourth-order valence-corrected chi connectivity index (χ4v) is 2.55. The maximum absolute atomic E-state index is 13.1. The number of rotatable bonds is 5. The van der Waals surface area contributed by atoms with Gasteiger partial charge in [0, 0.05) is 11.3 Å². The monoisotopic (exact) mass is 328 g/mol. The van der Waals surface area contributed by atoms with Gasteiger partial charge in [-0.05, 0) is 18.2 Å². The summed E-state index contributed by atoms with van der Waals surface area (Å²) in [6.45, 7) is 0. The van der Waals surface area contributed by atoms with Crippen LogP contribution >= 0.6 is 11.8 Å². The van der Waals surface area contributed by atoms with Gasteiger partial charge in [-0.15, -0.1) is 0 Å². The first-order valence-electron chi connectivity index (χ1n) is 6.90. The fraction of sp³-hybridized carbons (Fsp3) is 0.0588. The largest absolute Gasteiger partial charge is 0.431 e. The van der Waals surface area contributed by atoms with Crippen LogP contribution in [0.2, 0.25) is 0 Å². The van der Waals surface area contributed by atoms with E-state index in [-0.39, 0.29) is 11.7 Å². The molecule has 1 amide bonds. The number of hydrogen-bond donors (Lipinski definition) is 1. The molecule has 0 bridgehead atoms. The summed E-state index contributed by atoms with van der Waals surface area (Å²) in [6, 6.07) is 15.4. The van der Waals surface area contributed by atoms with Crippen LogP contribution in [0.3, 0.4) is 0 Å². The zero-order valence-electron chi connectivity index (χ0n) is 12.0. The molecule has 3 aromatic rings. The van der Waals surface area contributed by atoms with Crippen LogP contribution in [0.1, 0.15) is 0 Å². The molecule has 0 saturated carbocycles. The highest BCUT2D eigenvalue weighted by Crippen LogP contribution is 2.25. The molecule has 2 aromatic carbocycles. The summed E-state index contributed by atoms with van der Waals surface area (Å²) in [5.41, 5.74) is 1.35. The Balaban J connectivity index is 1.56. The summed E-state index contributed by atoms with van der Waals surface area (Å²) >= 11 is 1.18. The molecule has 23 heavy (non-hydrogen) atoms. The number of thioether (sulfide) groups is 1. The third kappa shape index (κ3) is 4.20. The van der Waals surface area contributed by atoms with Gasteiger partial charge in [0.1, 0.15) is 5.82 Å². The molecule has 0 spiro atoms.